The molecular weight excluding hydrogens is 413 g/mol. The predicted molar refractivity (Wildman–Crippen MR) is 108 cm³/mol. The van der Waals surface area contributed by atoms with Crippen molar-refractivity contribution in [2.45, 2.75) is 32.1 Å². The summed E-state index contributed by atoms with van der Waals surface area (Å²) in [6.07, 6.45) is 2.52. The van der Waals surface area contributed by atoms with Crippen LogP contribution in [0, 0.1) is 0 Å². The normalized spacial score (nSPS) is 22.9. The number of alkyl halides is 2. The summed E-state index contributed by atoms with van der Waals surface area (Å²) in [6, 6.07) is 3.35. The van der Waals surface area contributed by atoms with Gasteiger partial charge in [0.05, 0.1) is 31.0 Å². The number of ether oxygens (including phenoxy) is 2. The molecule has 2 fully saturated rings. The van der Waals surface area contributed by atoms with Crippen LogP contribution in [0.1, 0.15) is 13.3 Å². The number of hydrogen-bond acceptors (Lipinski definition) is 8. The summed E-state index contributed by atoms with van der Waals surface area (Å²) in [7, 11) is 0. The lowest BCUT2D eigenvalue weighted by Gasteiger charge is -2.29. The van der Waals surface area contributed by atoms with Gasteiger partial charge in [-0.25, -0.2) is 14.4 Å². The standard InChI is InChI=1S/C20H21F3N6O2/c1-10-6-28(8-14(10)21)20-26-15(11-2-16(31-19(22)23)18(24)25-5-11)4-17(27-20)29-7-13-3-12(29)9-30-13/h2,4-5,12-13,19H,3,6-9H2,1H3,(H2,24,25)/t12-,13-/m0/s1. The smallest absolute Gasteiger partial charge is 0.387 e. The van der Waals surface area contributed by atoms with Crippen molar-refractivity contribution in [2.24, 2.45) is 0 Å². The number of aromatic nitrogens is 3. The van der Waals surface area contributed by atoms with Crippen molar-refractivity contribution in [2.75, 3.05) is 41.8 Å². The van der Waals surface area contributed by atoms with E-state index in [0.29, 0.717) is 48.3 Å². The summed E-state index contributed by atoms with van der Waals surface area (Å²) in [5, 5.41) is 0. The van der Waals surface area contributed by atoms with Crippen molar-refractivity contribution >= 4 is 17.6 Å². The van der Waals surface area contributed by atoms with Crippen LogP contribution in [0.2, 0.25) is 0 Å². The number of nitrogens with two attached hydrogens (primary N) is 1. The molecule has 2 aromatic heterocycles. The summed E-state index contributed by atoms with van der Waals surface area (Å²) in [6.45, 7) is 0.486. The molecule has 3 aliphatic heterocycles. The van der Waals surface area contributed by atoms with Crippen LogP contribution in [0.15, 0.2) is 29.7 Å². The molecule has 0 spiro atoms. The molecule has 2 atom stereocenters. The maximum atomic E-state index is 14.1. The first-order valence-electron chi connectivity index (χ1n) is 9.94. The molecule has 164 valence electrons. The highest BCUT2D eigenvalue weighted by molar-refractivity contribution is 5.68. The molecule has 0 unspecified atom stereocenters. The highest BCUT2D eigenvalue weighted by atomic mass is 19.3. The number of morpholine rings is 1. The molecule has 2 bridgehead atoms. The predicted octanol–water partition coefficient (Wildman–Crippen LogP) is 2.76. The number of anilines is 3. The topological polar surface area (TPSA) is 89.6 Å². The van der Waals surface area contributed by atoms with E-state index in [1.54, 1.807) is 17.9 Å². The summed E-state index contributed by atoms with van der Waals surface area (Å²) < 4.78 is 49.7. The molecule has 0 amide bonds. The zero-order valence-electron chi connectivity index (χ0n) is 16.8. The number of pyridine rings is 1. The van der Waals surface area contributed by atoms with E-state index in [4.69, 9.17) is 15.5 Å². The fraction of sp³-hybridized carbons (Fsp3) is 0.450. The second kappa shape index (κ2) is 7.56. The minimum absolute atomic E-state index is 0.0869. The van der Waals surface area contributed by atoms with Gasteiger partial charge in [-0.05, 0) is 25.0 Å². The van der Waals surface area contributed by atoms with Gasteiger partial charge in [0.15, 0.2) is 11.6 Å². The van der Waals surface area contributed by atoms with Gasteiger partial charge in [0, 0.05) is 30.9 Å². The monoisotopic (exact) mass is 434 g/mol. The minimum atomic E-state index is -3.03. The fourth-order valence-corrected chi connectivity index (χ4v) is 4.20. The quantitative estimate of drug-likeness (QED) is 0.769. The Morgan fingerprint density at radius 3 is 2.74 bits per heavy atom. The van der Waals surface area contributed by atoms with E-state index in [1.807, 2.05) is 0 Å². The average Bonchev–Trinajstić information content (AvgIpc) is 3.45. The summed E-state index contributed by atoms with van der Waals surface area (Å²) >= 11 is 0. The van der Waals surface area contributed by atoms with E-state index in [2.05, 4.69) is 19.6 Å². The van der Waals surface area contributed by atoms with E-state index in [0.717, 1.165) is 6.42 Å². The van der Waals surface area contributed by atoms with Crippen molar-refractivity contribution in [1.82, 2.24) is 15.0 Å². The van der Waals surface area contributed by atoms with Crippen LogP contribution in [0.4, 0.5) is 30.8 Å². The van der Waals surface area contributed by atoms with Gasteiger partial charge in [-0.3, -0.25) is 0 Å². The molecule has 0 aromatic carbocycles. The molecule has 5 rings (SSSR count). The molecular formula is C20H21F3N6O2. The number of nitrogens with zero attached hydrogens (tertiary/aromatic N) is 5. The number of halogens is 3. The van der Waals surface area contributed by atoms with Crippen LogP contribution in [-0.2, 0) is 4.74 Å². The molecule has 8 nitrogen and oxygen atoms in total. The molecule has 2 N–H and O–H groups in total. The zero-order valence-corrected chi connectivity index (χ0v) is 16.8. The molecule has 3 aliphatic rings. The maximum Gasteiger partial charge on any atom is 0.387 e. The molecule has 2 saturated heterocycles. The van der Waals surface area contributed by atoms with Crippen molar-refractivity contribution < 1.29 is 22.6 Å². The average molecular weight is 434 g/mol. The minimum Gasteiger partial charge on any atom is -0.431 e. The van der Waals surface area contributed by atoms with Crippen molar-refractivity contribution in [3.8, 4) is 17.0 Å². The van der Waals surface area contributed by atoms with E-state index in [1.165, 1.54) is 12.3 Å². The van der Waals surface area contributed by atoms with Crippen LogP contribution in [0.5, 0.6) is 5.75 Å². The third kappa shape index (κ3) is 3.73. The van der Waals surface area contributed by atoms with Crippen molar-refractivity contribution in [1.29, 1.82) is 0 Å². The summed E-state index contributed by atoms with van der Waals surface area (Å²) in [5.74, 6) is 0.456. The number of nitrogen functional groups attached to an aromatic ring is 1. The first-order chi connectivity index (χ1) is 14.9. The Kier molecular flexibility index (Phi) is 4.84. The lowest BCUT2D eigenvalue weighted by atomic mass is 10.2. The molecule has 31 heavy (non-hydrogen) atoms. The SMILES string of the molecule is CC1=C(F)CN(c2nc(-c3cnc(N)c(OC(F)F)c3)cc(N3C[C@@H]4C[C@H]3CO4)n2)C1. The van der Waals surface area contributed by atoms with Crippen LogP contribution in [0.25, 0.3) is 11.3 Å². The van der Waals surface area contributed by atoms with Crippen LogP contribution in [0.3, 0.4) is 0 Å². The van der Waals surface area contributed by atoms with Gasteiger partial charge >= 0.3 is 6.61 Å². The van der Waals surface area contributed by atoms with Gasteiger partial charge in [-0.15, -0.1) is 0 Å². The van der Waals surface area contributed by atoms with Gasteiger partial charge in [0.2, 0.25) is 5.95 Å². The van der Waals surface area contributed by atoms with E-state index >= 15 is 0 Å². The Bertz CT molecular complexity index is 1040. The third-order valence-corrected chi connectivity index (χ3v) is 5.79. The highest BCUT2D eigenvalue weighted by Gasteiger charge is 2.40. The number of hydrogen-bond donors (Lipinski definition) is 1. The van der Waals surface area contributed by atoms with Gasteiger partial charge in [-0.2, -0.15) is 13.8 Å². The van der Waals surface area contributed by atoms with Crippen molar-refractivity contribution in [3.63, 3.8) is 0 Å². The summed E-state index contributed by atoms with van der Waals surface area (Å²) in [5.41, 5.74) is 7.20. The van der Waals surface area contributed by atoms with E-state index in [9.17, 15) is 13.2 Å². The molecule has 0 radical (unpaired) electrons. The second-order valence-electron chi connectivity index (χ2n) is 7.94. The Morgan fingerprint density at radius 1 is 1.26 bits per heavy atom. The lowest BCUT2D eigenvalue weighted by Crippen LogP contribution is -2.38. The van der Waals surface area contributed by atoms with Crippen LogP contribution >= 0.6 is 0 Å². The molecule has 5 heterocycles. The Hall–Kier alpha value is -3.08. The second-order valence-corrected chi connectivity index (χ2v) is 7.94. The molecule has 0 saturated carbocycles. The Labute approximate surface area is 176 Å². The van der Waals surface area contributed by atoms with Crippen molar-refractivity contribution in [3.05, 3.63) is 29.7 Å². The first kappa shape index (κ1) is 19.9. The summed E-state index contributed by atoms with van der Waals surface area (Å²) in [4.78, 5) is 17.1. The van der Waals surface area contributed by atoms with E-state index < -0.39 is 6.61 Å². The Balaban J connectivity index is 1.55. The largest absolute Gasteiger partial charge is 0.431 e. The number of fused-ring (bicyclic) bond motifs is 2. The van der Waals surface area contributed by atoms with E-state index in [-0.39, 0.29) is 36.1 Å². The van der Waals surface area contributed by atoms with Crippen LogP contribution in [-0.4, -0.2) is 60.0 Å². The maximum absolute atomic E-state index is 14.1. The first-order valence-corrected chi connectivity index (χ1v) is 9.94. The lowest BCUT2D eigenvalue weighted by molar-refractivity contribution is -0.0494. The van der Waals surface area contributed by atoms with Gasteiger partial charge in [0.25, 0.3) is 0 Å². The molecule has 0 aliphatic carbocycles. The van der Waals surface area contributed by atoms with Gasteiger partial charge in [-0.1, -0.05) is 0 Å². The molecule has 11 heteroatoms. The Morgan fingerprint density at radius 2 is 2.10 bits per heavy atom. The van der Waals surface area contributed by atoms with Gasteiger partial charge in [0.1, 0.15) is 11.6 Å². The van der Waals surface area contributed by atoms with Gasteiger partial charge < -0.3 is 25.0 Å². The molecule has 2 aromatic rings. The number of rotatable bonds is 5. The third-order valence-electron chi connectivity index (χ3n) is 5.79. The van der Waals surface area contributed by atoms with Crippen LogP contribution < -0.4 is 20.3 Å². The zero-order chi connectivity index (χ0) is 21.7. The highest BCUT2D eigenvalue weighted by Crippen LogP contribution is 2.36. The fourth-order valence-electron chi connectivity index (χ4n) is 4.20.